The first-order valence-electron chi connectivity index (χ1n) is 3.50. The van der Waals surface area contributed by atoms with Crippen LogP contribution in [-0.2, 0) is 6.42 Å². The largest absolute Gasteiger partial charge is 0.363 e. The molecule has 0 spiro atoms. The van der Waals surface area contributed by atoms with Crippen molar-refractivity contribution in [3.63, 3.8) is 0 Å². The van der Waals surface area contributed by atoms with Crippen molar-refractivity contribution < 1.29 is 4.79 Å². The number of nitrogens with one attached hydrogen (secondary N) is 1. The highest BCUT2D eigenvalue weighted by molar-refractivity contribution is 5.89. The van der Waals surface area contributed by atoms with Crippen LogP contribution in [0.5, 0.6) is 0 Å². The highest BCUT2D eigenvalue weighted by Gasteiger charge is 2.07. The molecule has 0 atom stereocenters. The van der Waals surface area contributed by atoms with E-state index in [1.54, 1.807) is 0 Å². The number of rotatable bonds is 2. The smallest absolute Gasteiger partial charge is 0.284 e. The van der Waals surface area contributed by atoms with Gasteiger partial charge in [-0.3, -0.25) is 4.79 Å². The number of primary amides is 1. The van der Waals surface area contributed by atoms with Crippen molar-refractivity contribution in [2.75, 3.05) is 0 Å². The Balaban J connectivity index is 3.05. The summed E-state index contributed by atoms with van der Waals surface area (Å²) in [6.07, 6.45) is 0.815. The molecule has 3 N–H and O–H groups in total. The maximum atomic E-state index is 10.6. The maximum Gasteiger partial charge on any atom is 0.284 e. The number of nitrogens with zero attached hydrogens (tertiary/aromatic N) is 1. The Hall–Kier alpha value is -1.32. The van der Waals surface area contributed by atoms with Gasteiger partial charge >= 0.3 is 0 Å². The summed E-state index contributed by atoms with van der Waals surface area (Å²) in [4.78, 5) is 17.4. The van der Waals surface area contributed by atoms with Crippen LogP contribution in [0.15, 0.2) is 0 Å². The first-order valence-corrected chi connectivity index (χ1v) is 3.50. The number of H-pyrrole nitrogens is 1. The predicted molar refractivity (Wildman–Crippen MR) is 41.2 cm³/mol. The lowest BCUT2D eigenvalue weighted by atomic mass is 10.3. The number of carbonyl (C=O) groups excluding carboxylic acids is 1. The monoisotopic (exact) mass is 153 g/mol. The molecule has 0 unspecified atom stereocenters. The highest BCUT2D eigenvalue weighted by Crippen LogP contribution is 2.04. The minimum absolute atomic E-state index is 0.249. The summed E-state index contributed by atoms with van der Waals surface area (Å²) in [6.45, 7) is 3.85. The van der Waals surface area contributed by atoms with Crippen LogP contribution >= 0.6 is 0 Å². The second-order valence-electron chi connectivity index (χ2n) is 2.37. The minimum Gasteiger partial charge on any atom is -0.363 e. The normalized spacial score (nSPS) is 10.0. The number of carbonyl (C=O) groups is 1. The SMILES string of the molecule is CCc1nc(C(N)=O)[nH]c1C. The molecule has 0 bridgehead atoms. The molecule has 1 aromatic heterocycles. The van der Waals surface area contributed by atoms with Crippen LogP contribution in [0, 0.1) is 6.92 Å². The fourth-order valence-electron chi connectivity index (χ4n) is 0.957. The molecule has 0 aromatic carbocycles. The van der Waals surface area contributed by atoms with Gasteiger partial charge in [0.25, 0.3) is 5.91 Å². The van der Waals surface area contributed by atoms with Gasteiger partial charge in [0.1, 0.15) is 0 Å². The Morgan fingerprint density at radius 3 is 2.64 bits per heavy atom. The molecule has 11 heavy (non-hydrogen) atoms. The predicted octanol–water partition coefficient (Wildman–Crippen LogP) is 0.379. The lowest BCUT2D eigenvalue weighted by molar-refractivity contribution is 0.0991. The topological polar surface area (TPSA) is 71.8 Å². The molecule has 1 amide bonds. The van der Waals surface area contributed by atoms with Gasteiger partial charge in [-0.15, -0.1) is 0 Å². The molecule has 0 aliphatic carbocycles. The summed E-state index contributed by atoms with van der Waals surface area (Å²) in [6, 6.07) is 0. The van der Waals surface area contributed by atoms with Crippen LogP contribution in [0.4, 0.5) is 0 Å². The van der Waals surface area contributed by atoms with Crippen molar-refractivity contribution in [3.8, 4) is 0 Å². The molecule has 1 aromatic rings. The molecule has 60 valence electrons. The van der Waals surface area contributed by atoms with E-state index in [1.807, 2.05) is 13.8 Å². The van der Waals surface area contributed by atoms with Crippen LogP contribution in [-0.4, -0.2) is 15.9 Å². The summed E-state index contributed by atoms with van der Waals surface area (Å²) in [5.74, 6) is -0.257. The lowest BCUT2D eigenvalue weighted by Crippen LogP contribution is -2.12. The number of nitrogens with two attached hydrogens (primary N) is 1. The molecular weight excluding hydrogens is 142 g/mol. The number of aromatic amines is 1. The minimum atomic E-state index is -0.507. The Kier molecular flexibility index (Phi) is 1.94. The molecule has 0 aliphatic heterocycles. The van der Waals surface area contributed by atoms with Gasteiger partial charge in [0, 0.05) is 5.69 Å². The lowest BCUT2D eigenvalue weighted by Gasteiger charge is -1.86. The Morgan fingerprint density at radius 1 is 1.73 bits per heavy atom. The van der Waals surface area contributed by atoms with Gasteiger partial charge in [-0.25, -0.2) is 4.98 Å². The van der Waals surface area contributed by atoms with E-state index in [0.29, 0.717) is 0 Å². The summed E-state index contributed by atoms with van der Waals surface area (Å²) in [5, 5.41) is 0. The molecule has 4 nitrogen and oxygen atoms in total. The van der Waals surface area contributed by atoms with Gasteiger partial charge in [0.15, 0.2) is 5.82 Å². The van der Waals surface area contributed by atoms with Crippen molar-refractivity contribution in [2.24, 2.45) is 5.73 Å². The third-order valence-electron chi connectivity index (χ3n) is 1.55. The molecule has 1 rings (SSSR count). The van der Waals surface area contributed by atoms with Gasteiger partial charge in [-0.1, -0.05) is 6.92 Å². The van der Waals surface area contributed by atoms with E-state index >= 15 is 0 Å². The Bertz CT molecular complexity index is 277. The van der Waals surface area contributed by atoms with E-state index < -0.39 is 5.91 Å². The van der Waals surface area contributed by atoms with Gasteiger partial charge in [0.2, 0.25) is 0 Å². The summed E-state index contributed by atoms with van der Waals surface area (Å²) in [7, 11) is 0. The average Bonchev–Trinajstić information content (AvgIpc) is 2.31. The van der Waals surface area contributed by atoms with E-state index in [-0.39, 0.29) is 5.82 Å². The molecule has 4 heteroatoms. The average molecular weight is 153 g/mol. The molecule has 0 fully saturated rings. The van der Waals surface area contributed by atoms with Crippen LogP contribution in [0.2, 0.25) is 0 Å². The van der Waals surface area contributed by atoms with Crippen molar-refractivity contribution in [1.29, 1.82) is 0 Å². The standard InChI is InChI=1S/C7H11N3O/c1-3-5-4(2)9-7(10-5)6(8)11/h3H2,1-2H3,(H2,8,11)(H,9,10). The van der Waals surface area contributed by atoms with Gasteiger partial charge in [-0.2, -0.15) is 0 Å². The van der Waals surface area contributed by atoms with Gasteiger partial charge < -0.3 is 10.7 Å². The molecule has 0 radical (unpaired) electrons. The van der Waals surface area contributed by atoms with Crippen LogP contribution in [0.1, 0.15) is 28.9 Å². The summed E-state index contributed by atoms with van der Waals surface area (Å²) in [5.41, 5.74) is 6.84. The van der Waals surface area contributed by atoms with E-state index in [1.165, 1.54) is 0 Å². The van der Waals surface area contributed by atoms with E-state index in [2.05, 4.69) is 9.97 Å². The zero-order valence-corrected chi connectivity index (χ0v) is 6.64. The number of hydrogen-bond donors (Lipinski definition) is 2. The second-order valence-corrected chi connectivity index (χ2v) is 2.37. The van der Waals surface area contributed by atoms with Gasteiger partial charge in [-0.05, 0) is 13.3 Å². The van der Waals surface area contributed by atoms with E-state index in [0.717, 1.165) is 17.8 Å². The molecule has 0 saturated carbocycles. The summed E-state index contributed by atoms with van der Waals surface area (Å²) < 4.78 is 0. The first-order chi connectivity index (χ1) is 5.15. The third kappa shape index (κ3) is 1.39. The van der Waals surface area contributed by atoms with Crippen LogP contribution in [0.25, 0.3) is 0 Å². The van der Waals surface area contributed by atoms with Crippen LogP contribution < -0.4 is 5.73 Å². The Morgan fingerprint density at radius 2 is 2.36 bits per heavy atom. The highest BCUT2D eigenvalue weighted by atomic mass is 16.1. The zero-order valence-electron chi connectivity index (χ0n) is 6.64. The van der Waals surface area contributed by atoms with Crippen molar-refractivity contribution in [1.82, 2.24) is 9.97 Å². The summed E-state index contributed by atoms with van der Waals surface area (Å²) >= 11 is 0. The van der Waals surface area contributed by atoms with Crippen molar-refractivity contribution >= 4 is 5.91 Å². The number of aryl methyl sites for hydroxylation is 2. The fraction of sp³-hybridized carbons (Fsp3) is 0.429. The van der Waals surface area contributed by atoms with E-state index in [9.17, 15) is 4.79 Å². The number of amides is 1. The zero-order chi connectivity index (χ0) is 8.43. The maximum absolute atomic E-state index is 10.6. The first kappa shape index (κ1) is 7.78. The number of aromatic nitrogens is 2. The molecular formula is C7H11N3O. The van der Waals surface area contributed by atoms with Gasteiger partial charge in [0.05, 0.1) is 5.69 Å². The van der Waals surface area contributed by atoms with E-state index in [4.69, 9.17) is 5.73 Å². The third-order valence-corrected chi connectivity index (χ3v) is 1.55. The molecule has 0 saturated heterocycles. The van der Waals surface area contributed by atoms with Crippen LogP contribution in [0.3, 0.4) is 0 Å². The second kappa shape index (κ2) is 2.74. The number of imidazole rings is 1. The quantitative estimate of drug-likeness (QED) is 0.644. The van der Waals surface area contributed by atoms with Crippen molar-refractivity contribution in [2.45, 2.75) is 20.3 Å². The number of hydrogen-bond acceptors (Lipinski definition) is 2. The van der Waals surface area contributed by atoms with Crippen molar-refractivity contribution in [3.05, 3.63) is 17.2 Å². The molecule has 0 aliphatic rings. The fourth-order valence-corrected chi connectivity index (χ4v) is 0.957. The Labute approximate surface area is 64.8 Å². The molecule has 1 heterocycles.